The summed E-state index contributed by atoms with van der Waals surface area (Å²) in [6.07, 6.45) is 2.22. The van der Waals surface area contributed by atoms with Gasteiger partial charge in [-0.05, 0) is 44.4 Å². The first-order chi connectivity index (χ1) is 13.5. The molecule has 5 heteroatoms. The average molecular weight is 394 g/mol. The maximum Gasteiger partial charge on any atom is 0.337 e. The lowest BCUT2D eigenvalue weighted by molar-refractivity contribution is -0.140. The highest BCUT2D eigenvalue weighted by Gasteiger charge is 2.39. The summed E-state index contributed by atoms with van der Waals surface area (Å²) >= 11 is 1.63. The molecule has 4 nitrogen and oxygen atoms in total. The van der Waals surface area contributed by atoms with Crippen LogP contribution in [-0.2, 0) is 20.9 Å². The molecule has 0 amide bonds. The molecule has 1 aromatic carbocycles. The van der Waals surface area contributed by atoms with E-state index in [1.165, 1.54) is 0 Å². The van der Waals surface area contributed by atoms with Crippen molar-refractivity contribution in [2.45, 2.75) is 45.6 Å². The number of benzene rings is 1. The number of hydrogen-bond acceptors (Lipinski definition) is 5. The van der Waals surface area contributed by atoms with Gasteiger partial charge in [-0.1, -0.05) is 30.3 Å². The Balaban J connectivity index is 1.69. The lowest BCUT2D eigenvalue weighted by atomic mass is 9.78. The Bertz CT molecular complexity index is 984. The van der Waals surface area contributed by atoms with E-state index in [0.717, 1.165) is 45.1 Å². The van der Waals surface area contributed by atoms with Crippen LogP contribution in [0.1, 0.15) is 47.4 Å². The standard InChI is InChI=1S/C23H23NO3S/c1-14-11-12-19(28-14)22-20(23(26)27-13-16-7-4-3-5-8-16)15(2)24-17-9-6-10-18(25)21(17)22/h3-5,7-8,11-12,22,24H,6,9-10,13H2,1-2H3/t22-/m0/s1. The van der Waals surface area contributed by atoms with E-state index in [1.807, 2.05) is 56.3 Å². The van der Waals surface area contributed by atoms with Crippen LogP contribution < -0.4 is 5.32 Å². The van der Waals surface area contributed by atoms with Gasteiger partial charge in [-0.25, -0.2) is 4.79 Å². The summed E-state index contributed by atoms with van der Waals surface area (Å²) in [6, 6.07) is 13.7. The second kappa shape index (κ2) is 7.76. The number of ether oxygens (including phenoxy) is 1. The predicted molar refractivity (Wildman–Crippen MR) is 110 cm³/mol. The molecule has 28 heavy (non-hydrogen) atoms. The van der Waals surface area contributed by atoms with Crippen LogP contribution in [0.25, 0.3) is 0 Å². The Morgan fingerprint density at radius 2 is 1.93 bits per heavy atom. The Morgan fingerprint density at radius 3 is 2.64 bits per heavy atom. The van der Waals surface area contributed by atoms with E-state index in [2.05, 4.69) is 5.32 Å². The van der Waals surface area contributed by atoms with Crippen LogP contribution in [0.3, 0.4) is 0 Å². The molecule has 1 N–H and O–H groups in total. The Kier molecular flexibility index (Phi) is 5.18. The van der Waals surface area contributed by atoms with Crippen molar-refractivity contribution in [2.24, 2.45) is 0 Å². The van der Waals surface area contributed by atoms with Gasteiger partial charge in [0, 0.05) is 33.1 Å². The molecule has 2 aliphatic rings. The molecule has 1 aromatic heterocycles. The van der Waals surface area contributed by atoms with Gasteiger partial charge in [0.1, 0.15) is 6.61 Å². The number of carbonyl (C=O) groups is 2. The zero-order valence-corrected chi connectivity index (χ0v) is 16.9. The third-order valence-electron chi connectivity index (χ3n) is 5.25. The van der Waals surface area contributed by atoms with E-state index < -0.39 is 0 Å². The molecule has 0 bridgehead atoms. The Labute approximate surface area is 168 Å². The summed E-state index contributed by atoms with van der Waals surface area (Å²) in [6.45, 7) is 4.15. The van der Waals surface area contributed by atoms with Crippen LogP contribution in [0.4, 0.5) is 0 Å². The van der Waals surface area contributed by atoms with Gasteiger partial charge in [-0.3, -0.25) is 4.79 Å². The first kappa shape index (κ1) is 18.7. The van der Waals surface area contributed by atoms with Crippen molar-refractivity contribution in [3.63, 3.8) is 0 Å². The summed E-state index contributed by atoms with van der Waals surface area (Å²) in [5.41, 5.74) is 3.97. The number of esters is 1. The van der Waals surface area contributed by atoms with E-state index in [1.54, 1.807) is 11.3 Å². The molecule has 2 aromatic rings. The first-order valence-corrected chi connectivity index (χ1v) is 10.4. The topological polar surface area (TPSA) is 55.4 Å². The van der Waals surface area contributed by atoms with E-state index in [9.17, 15) is 9.59 Å². The second-order valence-electron chi connectivity index (χ2n) is 7.28. The van der Waals surface area contributed by atoms with Gasteiger partial charge >= 0.3 is 5.97 Å². The largest absolute Gasteiger partial charge is 0.457 e. The predicted octanol–water partition coefficient (Wildman–Crippen LogP) is 4.77. The minimum Gasteiger partial charge on any atom is -0.457 e. The second-order valence-corrected chi connectivity index (χ2v) is 8.60. The van der Waals surface area contributed by atoms with Crippen molar-refractivity contribution >= 4 is 23.1 Å². The quantitative estimate of drug-likeness (QED) is 0.761. The average Bonchev–Trinajstić information content (AvgIpc) is 3.12. The third kappa shape index (κ3) is 3.54. The summed E-state index contributed by atoms with van der Waals surface area (Å²) in [5.74, 6) is -0.577. The van der Waals surface area contributed by atoms with Crippen LogP contribution in [0.2, 0.25) is 0 Å². The van der Waals surface area contributed by atoms with Crippen molar-refractivity contribution in [3.8, 4) is 0 Å². The van der Waals surface area contributed by atoms with Crippen molar-refractivity contribution in [1.29, 1.82) is 0 Å². The number of dihydropyridines is 1. The van der Waals surface area contributed by atoms with E-state index >= 15 is 0 Å². The molecule has 1 atom stereocenters. The van der Waals surface area contributed by atoms with E-state index in [-0.39, 0.29) is 24.3 Å². The van der Waals surface area contributed by atoms with Crippen LogP contribution >= 0.6 is 11.3 Å². The molecular weight excluding hydrogens is 370 g/mol. The molecule has 1 aliphatic heterocycles. The van der Waals surface area contributed by atoms with Gasteiger partial charge in [0.2, 0.25) is 0 Å². The molecule has 0 radical (unpaired) electrons. The highest BCUT2D eigenvalue weighted by Crippen LogP contribution is 2.44. The number of hydrogen-bond donors (Lipinski definition) is 1. The lowest BCUT2D eigenvalue weighted by Gasteiger charge is -2.33. The molecule has 4 rings (SSSR count). The zero-order chi connectivity index (χ0) is 19.7. The van der Waals surface area contributed by atoms with Crippen LogP contribution in [0, 0.1) is 6.92 Å². The highest BCUT2D eigenvalue weighted by molar-refractivity contribution is 7.12. The number of Topliss-reactive ketones (excluding diaryl/α,β-unsaturated/α-hetero) is 1. The molecule has 0 saturated heterocycles. The maximum atomic E-state index is 13.1. The number of rotatable bonds is 4. The van der Waals surface area contributed by atoms with Crippen molar-refractivity contribution in [2.75, 3.05) is 0 Å². The lowest BCUT2D eigenvalue weighted by Crippen LogP contribution is -2.34. The summed E-state index contributed by atoms with van der Waals surface area (Å²) in [7, 11) is 0. The Morgan fingerprint density at radius 1 is 1.14 bits per heavy atom. The van der Waals surface area contributed by atoms with Gasteiger partial charge < -0.3 is 10.1 Å². The number of thiophene rings is 1. The van der Waals surface area contributed by atoms with Crippen LogP contribution in [0.5, 0.6) is 0 Å². The van der Waals surface area contributed by atoms with Gasteiger partial charge in [-0.2, -0.15) is 0 Å². The molecule has 0 unspecified atom stereocenters. The molecule has 1 aliphatic carbocycles. The fraction of sp³-hybridized carbons (Fsp3) is 0.304. The number of allylic oxidation sites excluding steroid dienone is 3. The number of nitrogens with one attached hydrogen (secondary N) is 1. The van der Waals surface area contributed by atoms with Crippen LogP contribution in [-0.4, -0.2) is 11.8 Å². The van der Waals surface area contributed by atoms with Crippen molar-refractivity contribution in [3.05, 3.63) is 80.3 Å². The third-order valence-corrected chi connectivity index (χ3v) is 6.32. The van der Waals surface area contributed by atoms with E-state index in [0.29, 0.717) is 12.0 Å². The van der Waals surface area contributed by atoms with Gasteiger partial charge in [-0.15, -0.1) is 11.3 Å². The van der Waals surface area contributed by atoms with Crippen LogP contribution in [0.15, 0.2) is 65.0 Å². The fourth-order valence-corrected chi connectivity index (χ4v) is 4.95. The number of aryl methyl sites for hydroxylation is 1. The number of ketones is 1. The number of carbonyl (C=O) groups excluding carboxylic acids is 2. The molecular formula is C23H23NO3S. The van der Waals surface area contributed by atoms with Gasteiger partial charge in [0.25, 0.3) is 0 Å². The molecule has 0 spiro atoms. The smallest absolute Gasteiger partial charge is 0.337 e. The first-order valence-electron chi connectivity index (χ1n) is 9.56. The highest BCUT2D eigenvalue weighted by atomic mass is 32.1. The normalized spacial score (nSPS) is 19.4. The zero-order valence-electron chi connectivity index (χ0n) is 16.1. The monoisotopic (exact) mass is 393 g/mol. The summed E-state index contributed by atoms with van der Waals surface area (Å²) < 4.78 is 5.65. The van der Waals surface area contributed by atoms with Crippen molar-refractivity contribution in [1.82, 2.24) is 5.32 Å². The van der Waals surface area contributed by atoms with Gasteiger partial charge in [0.05, 0.1) is 11.5 Å². The minimum absolute atomic E-state index is 0.130. The minimum atomic E-state index is -0.366. The SMILES string of the molecule is CC1=C(C(=O)OCc2ccccc2)[C@H](c2ccc(C)s2)C2=C(CCCC2=O)N1. The summed E-state index contributed by atoms with van der Waals surface area (Å²) in [5, 5.41) is 3.33. The molecule has 0 fully saturated rings. The van der Waals surface area contributed by atoms with Crippen molar-refractivity contribution < 1.29 is 14.3 Å². The molecule has 144 valence electrons. The Hall–Kier alpha value is -2.66. The molecule has 2 heterocycles. The maximum absolute atomic E-state index is 13.1. The van der Waals surface area contributed by atoms with Gasteiger partial charge in [0.15, 0.2) is 5.78 Å². The summed E-state index contributed by atoms with van der Waals surface area (Å²) in [4.78, 5) is 28.1. The molecule has 0 saturated carbocycles. The van der Waals surface area contributed by atoms with E-state index in [4.69, 9.17) is 4.74 Å². The fourth-order valence-electron chi connectivity index (χ4n) is 3.95.